The first kappa shape index (κ1) is 19.3. The number of furan rings is 1. The molecule has 0 aromatic carbocycles. The number of aliphatic imine (C=N–C) groups is 1. The summed E-state index contributed by atoms with van der Waals surface area (Å²) in [6.07, 6.45) is 11.8. The van der Waals surface area contributed by atoms with Crippen molar-refractivity contribution in [3.63, 3.8) is 0 Å². The predicted octanol–water partition coefficient (Wildman–Crippen LogP) is 3.71. The molecule has 1 saturated heterocycles. The van der Waals surface area contributed by atoms with Crippen molar-refractivity contribution in [2.24, 2.45) is 16.8 Å². The summed E-state index contributed by atoms with van der Waals surface area (Å²) >= 11 is 0. The zero-order valence-corrected chi connectivity index (χ0v) is 16.3. The van der Waals surface area contributed by atoms with E-state index < -0.39 is 0 Å². The third-order valence-electron chi connectivity index (χ3n) is 5.69. The molecule has 0 spiro atoms. The van der Waals surface area contributed by atoms with Crippen molar-refractivity contribution < 1.29 is 9.15 Å². The summed E-state index contributed by atoms with van der Waals surface area (Å²) in [5, 5.41) is 3.57. The van der Waals surface area contributed by atoms with Gasteiger partial charge in [-0.15, -0.1) is 0 Å². The zero-order chi connectivity index (χ0) is 18.0. The van der Waals surface area contributed by atoms with Gasteiger partial charge < -0.3 is 19.4 Å². The van der Waals surface area contributed by atoms with Gasteiger partial charge >= 0.3 is 0 Å². The molecule has 0 bridgehead atoms. The topological polar surface area (TPSA) is 50.0 Å². The lowest BCUT2D eigenvalue weighted by atomic mass is 9.89. The first-order valence-corrected chi connectivity index (χ1v) is 10.4. The Labute approximate surface area is 158 Å². The van der Waals surface area contributed by atoms with E-state index in [0.29, 0.717) is 5.92 Å². The molecule has 3 rings (SSSR count). The summed E-state index contributed by atoms with van der Waals surface area (Å²) in [6, 6.07) is 3.98. The molecule has 5 nitrogen and oxygen atoms in total. The summed E-state index contributed by atoms with van der Waals surface area (Å²) in [4.78, 5) is 7.32. The third kappa shape index (κ3) is 6.35. The van der Waals surface area contributed by atoms with Crippen LogP contribution < -0.4 is 5.32 Å². The fourth-order valence-corrected chi connectivity index (χ4v) is 4.05. The average Bonchev–Trinajstić information content (AvgIpc) is 3.19. The van der Waals surface area contributed by atoms with Crippen LogP contribution in [0.3, 0.4) is 0 Å². The van der Waals surface area contributed by atoms with Crippen LogP contribution >= 0.6 is 0 Å². The molecule has 1 aromatic rings. The van der Waals surface area contributed by atoms with Crippen molar-refractivity contribution in [3.8, 4) is 0 Å². The molecule has 26 heavy (non-hydrogen) atoms. The van der Waals surface area contributed by atoms with Gasteiger partial charge in [0, 0.05) is 46.3 Å². The highest BCUT2D eigenvalue weighted by Gasteiger charge is 2.19. The Hall–Kier alpha value is -1.49. The van der Waals surface area contributed by atoms with Crippen molar-refractivity contribution in [1.82, 2.24) is 10.2 Å². The van der Waals surface area contributed by atoms with Gasteiger partial charge in [-0.2, -0.15) is 0 Å². The van der Waals surface area contributed by atoms with E-state index in [0.717, 1.165) is 69.7 Å². The molecule has 1 aromatic heterocycles. The van der Waals surface area contributed by atoms with Crippen LogP contribution in [-0.2, 0) is 11.2 Å². The largest absolute Gasteiger partial charge is 0.469 e. The monoisotopic (exact) mass is 361 g/mol. The Balaban J connectivity index is 1.53. The summed E-state index contributed by atoms with van der Waals surface area (Å²) in [5.41, 5.74) is 0. The third-order valence-corrected chi connectivity index (χ3v) is 5.69. The highest BCUT2D eigenvalue weighted by Crippen LogP contribution is 2.23. The maximum atomic E-state index is 5.50. The van der Waals surface area contributed by atoms with Gasteiger partial charge in [0.2, 0.25) is 0 Å². The Bertz CT molecular complexity index is 517. The molecular weight excluding hydrogens is 326 g/mol. The Morgan fingerprint density at radius 2 is 1.96 bits per heavy atom. The number of nitrogens with one attached hydrogen (secondary N) is 1. The fraction of sp³-hybridized carbons (Fsp3) is 0.762. The van der Waals surface area contributed by atoms with Crippen LogP contribution in [0.2, 0.25) is 0 Å². The standard InChI is InChI=1S/C21H35N3O2/c1-24(17-19-10-14-25-15-11-19)21(22-12-9-20-8-5-13-26-20)23-16-18-6-3-2-4-7-18/h5,8,13,18-19H,2-4,6-7,9-12,14-17H2,1H3,(H,22,23). The van der Waals surface area contributed by atoms with Crippen molar-refractivity contribution >= 4 is 5.96 Å². The lowest BCUT2D eigenvalue weighted by Crippen LogP contribution is -2.43. The number of rotatable bonds is 7. The van der Waals surface area contributed by atoms with E-state index in [9.17, 15) is 0 Å². The van der Waals surface area contributed by atoms with Crippen molar-refractivity contribution in [3.05, 3.63) is 24.2 Å². The van der Waals surface area contributed by atoms with E-state index in [1.54, 1.807) is 6.26 Å². The lowest BCUT2D eigenvalue weighted by Gasteiger charge is -2.30. The van der Waals surface area contributed by atoms with Gasteiger partial charge in [-0.25, -0.2) is 0 Å². The number of hydrogen-bond acceptors (Lipinski definition) is 3. The van der Waals surface area contributed by atoms with Crippen molar-refractivity contribution in [2.45, 2.75) is 51.4 Å². The maximum Gasteiger partial charge on any atom is 0.193 e. The van der Waals surface area contributed by atoms with E-state index in [-0.39, 0.29) is 0 Å². The number of nitrogens with zero attached hydrogens (tertiary/aromatic N) is 2. The van der Waals surface area contributed by atoms with Gasteiger partial charge in [0.1, 0.15) is 5.76 Å². The fourth-order valence-electron chi connectivity index (χ4n) is 4.05. The molecule has 1 aliphatic carbocycles. The minimum Gasteiger partial charge on any atom is -0.469 e. The van der Waals surface area contributed by atoms with Crippen LogP contribution in [0.5, 0.6) is 0 Å². The van der Waals surface area contributed by atoms with Gasteiger partial charge in [-0.1, -0.05) is 19.3 Å². The first-order chi connectivity index (χ1) is 12.8. The van der Waals surface area contributed by atoms with Gasteiger partial charge in [0.25, 0.3) is 0 Å². The summed E-state index contributed by atoms with van der Waals surface area (Å²) < 4.78 is 10.9. The molecule has 0 unspecified atom stereocenters. The van der Waals surface area contributed by atoms with Crippen LogP contribution in [0.4, 0.5) is 0 Å². The Morgan fingerprint density at radius 3 is 2.69 bits per heavy atom. The average molecular weight is 362 g/mol. The first-order valence-electron chi connectivity index (χ1n) is 10.4. The highest BCUT2D eigenvalue weighted by molar-refractivity contribution is 5.79. The zero-order valence-electron chi connectivity index (χ0n) is 16.3. The van der Waals surface area contributed by atoms with E-state index in [4.69, 9.17) is 14.1 Å². The molecule has 2 fully saturated rings. The molecule has 1 N–H and O–H groups in total. The molecule has 1 saturated carbocycles. The SMILES string of the molecule is CN(CC1CCOCC1)C(=NCC1CCCCC1)NCCc1ccco1. The molecule has 0 amide bonds. The van der Waals surface area contributed by atoms with Gasteiger partial charge in [-0.3, -0.25) is 4.99 Å². The summed E-state index contributed by atoms with van der Waals surface area (Å²) in [7, 11) is 2.18. The second kappa shape index (κ2) is 10.6. The van der Waals surface area contributed by atoms with Crippen molar-refractivity contribution in [2.75, 3.05) is 39.9 Å². The molecule has 0 radical (unpaired) electrons. The van der Waals surface area contributed by atoms with E-state index >= 15 is 0 Å². The van der Waals surface area contributed by atoms with E-state index in [2.05, 4.69) is 17.3 Å². The van der Waals surface area contributed by atoms with Crippen LogP contribution in [0.1, 0.15) is 50.7 Å². The van der Waals surface area contributed by atoms with E-state index in [1.807, 2.05) is 12.1 Å². The van der Waals surface area contributed by atoms with Crippen LogP contribution in [0.15, 0.2) is 27.8 Å². The minimum atomic E-state index is 0.709. The van der Waals surface area contributed by atoms with Gasteiger partial charge in [-0.05, 0) is 49.7 Å². The predicted molar refractivity (Wildman–Crippen MR) is 105 cm³/mol. The quantitative estimate of drug-likeness (QED) is 0.594. The van der Waals surface area contributed by atoms with Crippen molar-refractivity contribution in [1.29, 1.82) is 0 Å². The molecule has 2 heterocycles. The smallest absolute Gasteiger partial charge is 0.193 e. The number of guanidine groups is 1. The number of hydrogen-bond donors (Lipinski definition) is 1. The summed E-state index contributed by atoms with van der Waals surface area (Å²) in [5.74, 6) is 3.55. The molecular formula is C21H35N3O2. The highest BCUT2D eigenvalue weighted by atomic mass is 16.5. The summed E-state index contributed by atoms with van der Waals surface area (Å²) in [6.45, 7) is 4.68. The minimum absolute atomic E-state index is 0.709. The lowest BCUT2D eigenvalue weighted by molar-refractivity contribution is 0.0610. The second-order valence-electron chi connectivity index (χ2n) is 7.86. The molecule has 1 aliphatic heterocycles. The normalized spacial score (nSPS) is 20.3. The van der Waals surface area contributed by atoms with E-state index in [1.165, 1.54) is 32.1 Å². The van der Waals surface area contributed by atoms with Crippen LogP contribution in [0, 0.1) is 11.8 Å². The van der Waals surface area contributed by atoms with Crippen LogP contribution in [0.25, 0.3) is 0 Å². The van der Waals surface area contributed by atoms with Gasteiger partial charge in [0.05, 0.1) is 6.26 Å². The molecule has 2 aliphatic rings. The van der Waals surface area contributed by atoms with Gasteiger partial charge in [0.15, 0.2) is 5.96 Å². The Morgan fingerprint density at radius 1 is 1.15 bits per heavy atom. The second-order valence-corrected chi connectivity index (χ2v) is 7.86. The Kier molecular flexibility index (Phi) is 7.87. The number of ether oxygens (including phenoxy) is 1. The molecule has 0 atom stereocenters. The molecule has 146 valence electrons. The van der Waals surface area contributed by atoms with Crippen LogP contribution in [-0.4, -0.2) is 50.8 Å². The maximum absolute atomic E-state index is 5.50. The molecule has 5 heteroatoms.